The summed E-state index contributed by atoms with van der Waals surface area (Å²) < 4.78 is 26.1. The van der Waals surface area contributed by atoms with E-state index in [1.807, 2.05) is 4.90 Å². The molecule has 0 unspecified atom stereocenters. The molecule has 0 amide bonds. The van der Waals surface area contributed by atoms with Crippen molar-refractivity contribution in [1.82, 2.24) is 14.9 Å². The first kappa shape index (κ1) is 22.8. The van der Waals surface area contributed by atoms with Gasteiger partial charge in [-0.15, -0.1) is 0 Å². The summed E-state index contributed by atoms with van der Waals surface area (Å²) in [5.41, 5.74) is 0.997. The number of nitrogens with one attached hydrogen (secondary N) is 2. The van der Waals surface area contributed by atoms with E-state index in [1.165, 1.54) is 13.3 Å². The lowest BCUT2D eigenvalue weighted by Gasteiger charge is -2.34. The van der Waals surface area contributed by atoms with Gasteiger partial charge in [-0.1, -0.05) is 11.6 Å². The van der Waals surface area contributed by atoms with Crippen LogP contribution in [0.25, 0.3) is 0 Å². The van der Waals surface area contributed by atoms with E-state index >= 15 is 4.39 Å². The summed E-state index contributed by atoms with van der Waals surface area (Å²) in [5, 5.41) is 6.82. The third-order valence-electron chi connectivity index (χ3n) is 6.01. The molecule has 8 nitrogen and oxygen atoms in total. The van der Waals surface area contributed by atoms with Gasteiger partial charge in [-0.3, -0.25) is 0 Å². The number of hydrogen-bond acceptors (Lipinski definition) is 8. The van der Waals surface area contributed by atoms with Gasteiger partial charge in [0, 0.05) is 45.9 Å². The van der Waals surface area contributed by atoms with Crippen molar-refractivity contribution >= 4 is 34.7 Å². The van der Waals surface area contributed by atoms with E-state index in [0.29, 0.717) is 34.1 Å². The van der Waals surface area contributed by atoms with Gasteiger partial charge in [0.25, 0.3) is 0 Å². The molecule has 0 spiro atoms. The highest BCUT2D eigenvalue weighted by molar-refractivity contribution is 6.32. The van der Waals surface area contributed by atoms with Crippen molar-refractivity contribution in [3.8, 4) is 5.75 Å². The fourth-order valence-electron chi connectivity index (χ4n) is 4.00. The number of halogens is 2. The topological polar surface area (TPSA) is 74.8 Å². The Balaban J connectivity index is 1.48. The van der Waals surface area contributed by atoms with Crippen molar-refractivity contribution in [3.63, 3.8) is 0 Å². The number of benzene rings is 1. The van der Waals surface area contributed by atoms with Gasteiger partial charge in [-0.25, -0.2) is 9.37 Å². The van der Waals surface area contributed by atoms with Crippen LogP contribution < -0.4 is 20.3 Å². The van der Waals surface area contributed by atoms with E-state index in [4.69, 9.17) is 21.1 Å². The maximum absolute atomic E-state index is 15.3. The summed E-state index contributed by atoms with van der Waals surface area (Å²) in [6, 6.07) is 3.56. The normalized spacial score (nSPS) is 17.9. The number of likely N-dealkylation sites (N-methyl/N-ethyl adjacent to an activating group) is 1. The van der Waals surface area contributed by atoms with Crippen LogP contribution >= 0.6 is 11.6 Å². The predicted octanol–water partition coefficient (Wildman–Crippen LogP) is 3.61. The van der Waals surface area contributed by atoms with Crippen molar-refractivity contribution in [1.29, 1.82) is 0 Å². The largest absolute Gasteiger partial charge is 0.492 e. The highest BCUT2D eigenvalue weighted by Gasteiger charge is 2.22. The number of methoxy groups -OCH3 is 1. The van der Waals surface area contributed by atoms with Crippen LogP contribution in [0.1, 0.15) is 12.8 Å². The number of rotatable bonds is 7. The van der Waals surface area contributed by atoms with E-state index < -0.39 is 5.82 Å². The number of aromatic nitrogens is 2. The second-order valence-electron chi connectivity index (χ2n) is 8.22. The molecule has 2 fully saturated rings. The third-order valence-corrected chi connectivity index (χ3v) is 6.29. The molecule has 10 heteroatoms. The molecule has 1 aromatic carbocycles. The Kier molecular flexibility index (Phi) is 7.49. The molecule has 0 radical (unpaired) electrons. The molecule has 2 aromatic rings. The zero-order valence-corrected chi connectivity index (χ0v) is 19.3. The second kappa shape index (κ2) is 10.5. The smallest absolute Gasteiger partial charge is 0.229 e. The van der Waals surface area contributed by atoms with Gasteiger partial charge in [-0.2, -0.15) is 4.98 Å². The molecule has 2 aliphatic rings. The molecular weight excluding hydrogens is 435 g/mol. The summed E-state index contributed by atoms with van der Waals surface area (Å²) in [4.78, 5) is 13.0. The number of piperazine rings is 1. The molecule has 2 saturated heterocycles. The number of hydrogen-bond donors (Lipinski definition) is 2. The average molecular weight is 465 g/mol. The van der Waals surface area contributed by atoms with E-state index in [9.17, 15) is 0 Å². The SMILES string of the molecule is COc1c(Nc2ncc(Cl)c(NCC3CCOCC3)n2)ccc(N2CCN(C)CC2)c1F. The van der Waals surface area contributed by atoms with E-state index in [1.54, 1.807) is 12.1 Å². The molecule has 0 bridgehead atoms. The Hall–Kier alpha value is -2.36. The Bertz CT molecular complexity index is 920. The molecule has 0 saturated carbocycles. The Labute approximate surface area is 193 Å². The van der Waals surface area contributed by atoms with Crippen LogP contribution in [0.2, 0.25) is 5.02 Å². The van der Waals surface area contributed by atoms with Gasteiger partial charge in [0.15, 0.2) is 17.4 Å². The van der Waals surface area contributed by atoms with Crippen LogP contribution in [0.4, 0.5) is 27.5 Å². The van der Waals surface area contributed by atoms with Crippen LogP contribution in [0.15, 0.2) is 18.3 Å². The van der Waals surface area contributed by atoms with Crippen molar-refractivity contribution in [2.75, 3.05) is 75.6 Å². The molecule has 3 heterocycles. The summed E-state index contributed by atoms with van der Waals surface area (Å²) in [6.45, 7) is 5.65. The van der Waals surface area contributed by atoms with Gasteiger partial charge >= 0.3 is 0 Å². The molecule has 0 atom stereocenters. The monoisotopic (exact) mass is 464 g/mol. The maximum atomic E-state index is 15.3. The van der Waals surface area contributed by atoms with Crippen molar-refractivity contribution < 1.29 is 13.9 Å². The predicted molar refractivity (Wildman–Crippen MR) is 125 cm³/mol. The zero-order valence-electron chi connectivity index (χ0n) is 18.5. The van der Waals surface area contributed by atoms with Crippen LogP contribution in [-0.4, -0.2) is 75.0 Å². The molecule has 32 heavy (non-hydrogen) atoms. The van der Waals surface area contributed by atoms with Crippen LogP contribution in [0.5, 0.6) is 5.75 Å². The molecule has 2 N–H and O–H groups in total. The fourth-order valence-corrected chi connectivity index (χ4v) is 4.16. The zero-order chi connectivity index (χ0) is 22.5. The lowest BCUT2D eigenvalue weighted by Crippen LogP contribution is -2.44. The van der Waals surface area contributed by atoms with E-state index in [-0.39, 0.29) is 5.75 Å². The Morgan fingerprint density at radius 1 is 1.22 bits per heavy atom. The molecule has 1 aromatic heterocycles. The second-order valence-corrected chi connectivity index (χ2v) is 8.63. The molecule has 4 rings (SSSR count). The minimum absolute atomic E-state index is 0.136. The summed E-state index contributed by atoms with van der Waals surface area (Å²) >= 11 is 6.28. The van der Waals surface area contributed by atoms with E-state index in [2.05, 4.69) is 32.5 Å². The number of anilines is 4. The van der Waals surface area contributed by atoms with Crippen LogP contribution in [-0.2, 0) is 4.74 Å². The van der Waals surface area contributed by atoms with E-state index in [0.717, 1.165) is 58.8 Å². The quantitative estimate of drug-likeness (QED) is 0.643. The maximum Gasteiger partial charge on any atom is 0.229 e. The lowest BCUT2D eigenvalue weighted by molar-refractivity contribution is 0.0699. The number of ether oxygens (including phenoxy) is 2. The number of nitrogens with zero attached hydrogens (tertiary/aromatic N) is 4. The van der Waals surface area contributed by atoms with Crippen molar-refractivity contribution in [2.24, 2.45) is 5.92 Å². The first-order valence-corrected chi connectivity index (χ1v) is 11.3. The average Bonchev–Trinajstić information content (AvgIpc) is 2.81. The van der Waals surface area contributed by atoms with Crippen LogP contribution in [0, 0.1) is 11.7 Å². The molecule has 2 aliphatic heterocycles. The fraction of sp³-hybridized carbons (Fsp3) is 0.545. The summed E-state index contributed by atoms with van der Waals surface area (Å²) in [6.07, 6.45) is 3.55. The van der Waals surface area contributed by atoms with Gasteiger partial charge in [0.2, 0.25) is 5.95 Å². The molecule has 0 aliphatic carbocycles. The van der Waals surface area contributed by atoms with Gasteiger partial charge in [0.05, 0.1) is 24.7 Å². The minimum atomic E-state index is -0.395. The highest BCUT2D eigenvalue weighted by Crippen LogP contribution is 2.36. The van der Waals surface area contributed by atoms with Crippen molar-refractivity contribution in [2.45, 2.75) is 12.8 Å². The van der Waals surface area contributed by atoms with Gasteiger partial charge in [0.1, 0.15) is 5.02 Å². The van der Waals surface area contributed by atoms with Gasteiger partial charge in [-0.05, 0) is 37.9 Å². The minimum Gasteiger partial charge on any atom is -0.492 e. The first-order valence-electron chi connectivity index (χ1n) is 11.0. The Morgan fingerprint density at radius 3 is 2.69 bits per heavy atom. The van der Waals surface area contributed by atoms with Crippen LogP contribution in [0.3, 0.4) is 0 Å². The summed E-state index contributed by atoms with van der Waals surface area (Å²) in [7, 11) is 3.53. The third kappa shape index (κ3) is 5.33. The first-order chi connectivity index (χ1) is 15.5. The Morgan fingerprint density at radius 2 is 1.97 bits per heavy atom. The van der Waals surface area contributed by atoms with Crippen molar-refractivity contribution in [3.05, 3.63) is 29.2 Å². The standard InChI is InChI=1S/C22H30ClFN6O2/c1-29-7-9-30(10-8-29)18-4-3-17(20(31-2)19(18)24)27-22-26-14-16(23)21(28-22)25-13-15-5-11-32-12-6-15/h3-4,14-15H,5-13H2,1-2H3,(H2,25,26,27,28). The van der Waals surface area contributed by atoms with Gasteiger partial charge < -0.3 is 29.9 Å². The lowest BCUT2D eigenvalue weighted by atomic mass is 10.0. The summed E-state index contributed by atoms with van der Waals surface area (Å²) in [5.74, 6) is 1.12. The highest BCUT2D eigenvalue weighted by atomic mass is 35.5. The molecular formula is C22H30ClFN6O2. The molecule has 174 valence electrons.